The lowest BCUT2D eigenvalue weighted by Gasteiger charge is -2.17. The van der Waals surface area contributed by atoms with Crippen LogP contribution < -0.4 is 5.32 Å². The van der Waals surface area contributed by atoms with Gasteiger partial charge in [0.05, 0.1) is 6.54 Å². The van der Waals surface area contributed by atoms with Crippen LogP contribution in [0.2, 0.25) is 5.15 Å². The number of aryl methyl sites for hydroxylation is 1. The SMILES string of the molecule is Cc1cc(CNc2cc(Cl)nc(C(C)(C)C)n2)no1. The number of nitrogens with zero attached hydrogens (tertiary/aromatic N) is 3. The summed E-state index contributed by atoms with van der Waals surface area (Å²) in [5, 5.41) is 7.51. The Labute approximate surface area is 117 Å². The average molecular weight is 281 g/mol. The molecule has 0 aliphatic carbocycles. The molecule has 0 radical (unpaired) electrons. The Morgan fingerprint density at radius 1 is 1.26 bits per heavy atom. The van der Waals surface area contributed by atoms with Gasteiger partial charge in [0.1, 0.15) is 28.2 Å². The Kier molecular flexibility index (Phi) is 3.75. The van der Waals surface area contributed by atoms with Gasteiger partial charge in [-0.3, -0.25) is 0 Å². The van der Waals surface area contributed by atoms with E-state index < -0.39 is 0 Å². The first-order valence-corrected chi connectivity index (χ1v) is 6.43. The highest BCUT2D eigenvalue weighted by molar-refractivity contribution is 6.29. The number of hydrogen-bond donors (Lipinski definition) is 1. The molecule has 2 aromatic rings. The molecule has 0 aliphatic rings. The number of nitrogens with one attached hydrogen (secondary N) is 1. The van der Waals surface area contributed by atoms with E-state index in [2.05, 4.69) is 20.4 Å². The summed E-state index contributed by atoms with van der Waals surface area (Å²) in [6.07, 6.45) is 0. The van der Waals surface area contributed by atoms with Gasteiger partial charge in [0.2, 0.25) is 0 Å². The predicted molar refractivity (Wildman–Crippen MR) is 74.3 cm³/mol. The third-order valence-electron chi connectivity index (χ3n) is 2.49. The van der Waals surface area contributed by atoms with Gasteiger partial charge in [0.15, 0.2) is 0 Å². The second-order valence-corrected chi connectivity index (χ2v) is 5.82. The van der Waals surface area contributed by atoms with Crippen LogP contribution in [0.1, 0.15) is 38.0 Å². The van der Waals surface area contributed by atoms with Gasteiger partial charge in [-0.1, -0.05) is 37.5 Å². The molecule has 5 nitrogen and oxygen atoms in total. The zero-order valence-corrected chi connectivity index (χ0v) is 12.2. The fourth-order valence-corrected chi connectivity index (χ4v) is 1.71. The monoisotopic (exact) mass is 280 g/mol. The second-order valence-electron chi connectivity index (χ2n) is 5.43. The zero-order chi connectivity index (χ0) is 14.0. The fourth-order valence-electron chi connectivity index (χ4n) is 1.53. The summed E-state index contributed by atoms with van der Waals surface area (Å²) < 4.78 is 5.01. The number of aromatic nitrogens is 3. The van der Waals surface area contributed by atoms with E-state index in [0.717, 1.165) is 11.5 Å². The molecule has 2 heterocycles. The van der Waals surface area contributed by atoms with Crippen molar-refractivity contribution < 1.29 is 4.52 Å². The summed E-state index contributed by atoms with van der Waals surface area (Å²) in [7, 11) is 0. The van der Waals surface area contributed by atoms with Crippen LogP contribution in [0.3, 0.4) is 0 Å². The van der Waals surface area contributed by atoms with Crippen molar-refractivity contribution in [2.75, 3.05) is 5.32 Å². The Hall–Kier alpha value is -1.62. The summed E-state index contributed by atoms with van der Waals surface area (Å²) in [6.45, 7) is 8.53. The van der Waals surface area contributed by atoms with Gasteiger partial charge in [0, 0.05) is 17.5 Å². The third-order valence-corrected chi connectivity index (χ3v) is 2.69. The van der Waals surface area contributed by atoms with Gasteiger partial charge < -0.3 is 9.84 Å². The van der Waals surface area contributed by atoms with Gasteiger partial charge in [-0.05, 0) is 6.92 Å². The van der Waals surface area contributed by atoms with E-state index in [1.165, 1.54) is 0 Å². The molecule has 2 rings (SSSR count). The molecule has 0 unspecified atom stereocenters. The van der Waals surface area contributed by atoms with Gasteiger partial charge in [-0.15, -0.1) is 0 Å². The molecular weight excluding hydrogens is 264 g/mol. The quantitative estimate of drug-likeness (QED) is 0.874. The van der Waals surface area contributed by atoms with Crippen molar-refractivity contribution in [2.24, 2.45) is 0 Å². The lowest BCUT2D eigenvalue weighted by molar-refractivity contribution is 0.391. The van der Waals surface area contributed by atoms with E-state index in [1.54, 1.807) is 6.07 Å². The molecule has 2 aromatic heterocycles. The van der Waals surface area contributed by atoms with Crippen LogP contribution in [-0.2, 0) is 12.0 Å². The van der Waals surface area contributed by atoms with Crippen LogP contribution in [0, 0.1) is 6.92 Å². The van der Waals surface area contributed by atoms with Crippen LogP contribution in [0.5, 0.6) is 0 Å². The van der Waals surface area contributed by atoms with Crippen LogP contribution in [-0.4, -0.2) is 15.1 Å². The van der Waals surface area contributed by atoms with Crippen molar-refractivity contribution in [3.63, 3.8) is 0 Å². The Morgan fingerprint density at radius 3 is 2.58 bits per heavy atom. The van der Waals surface area contributed by atoms with Crippen LogP contribution in [0.25, 0.3) is 0 Å². The first kappa shape index (κ1) is 13.8. The van der Waals surface area contributed by atoms with Gasteiger partial charge in [0.25, 0.3) is 0 Å². The Balaban J connectivity index is 2.14. The molecule has 19 heavy (non-hydrogen) atoms. The minimum atomic E-state index is -0.147. The van der Waals surface area contributed by atoms with E-state index in [9.17, 15) is 0 Å². The van der Waals surface area contributed by atoms with E-state index in [-0.39, 0.29) is 5.41 Å². The minimum absolute atomic E-state index is 0.147. The lowest BCUT2D eigenvalue weighted by Crippen LogP contribution is -2.17. The van der Waals surface area contributed by atoms with E-state index in [0.29, 0.717) is 23.3 Å². The molecule has 1 N–H and O–H groups in total. The average Bonchev–Trinajstić information content (AvgIpc) is 2.71. The predicted octanol–water partition coefficient (Wildman–Crippen LogP) is 3.34. The van der Waals surface area contributed by atoms with Crippen molar-refractivity contribution in [1.82, 2.24) is 15.1 Å². The van der Waals surface area contributed by atoms with Crippen molar-refractivity contribution >= 4 is 17.4 Å². The maximum atomic E-state index is 6.02. The topological polar surface area (TPSA) is 63.8 Å². The van der Waals surface area contributed by atoms with E-state index in [4.69, 9.17) is 16.1 Å². The highest BCUT2D eigenvalue weighted by atomic mass is 35.5. The zero-order valence-electron chi connectivity index (χ0n) is 11.5. The molecule has 0 aromatic carbocycles. The molecule has 0 aliphatic heterocycles. The van der Waals surface area contributed by atoms with Crippen LogP contribution in [0.15, 0.2) is 16.7 Å². The van der Waals surface area contributed by atoms with Gasteiger partial charge in [-0.25, -0.2) is 9.97 Å². The number of rotatable bonds is 3. The highest BCUT2D eigenvalue weighted by Gasteiger charge is 2.18. The maximum Gasteiger partial charge on any atom is 0.137 e. The second kappa shape index (κ2) is 5.17. The van der Waals surface area contributed by atoms with E-state index in [1.807, 2.05) is 33.8 Å². The maximum absolute atomic E-state index is 6.02. The largest absolute Gasteiger partial charge is 0.364 e. The highest BCUT2D eigenvalue weighted by Crippen LogP contribution is 2.22. The van der Waals surface area contributed by atoms with Gasteiger partial charge in [-0.2, -0.15) is 0 Å². The molecule has 102 valence electrons. The molecular formula is C13H17ClN4O. The van der Waals surface area contributed by atoms with Gasteiger partial charge >= 0.3 is 0 Å². The number of hydrogen-bond acceptors (Lipinski definition) is 5. The minimum Gasteiger partial charge on any atom is -0.364 e. The molecule has 0 saturated heterocycles. The molecule has 0 spiro atoms. The van der Waals surface area contributed by atoms with E-state index >= 15 is 0 Å². The first-order valence-electron chi connectivity index (χ1n) is 6.06. The summed E-state index contributed by atoms with van der Waals surface area (Å²) >= 11 is 6.02. The van der Waals surface area contributed by atoms with Crippen LogP contribution >= 0.6 is 11.6 Å². The first-order chi connectivity index (χ1) is 8.84. The number of halogens is 1. The van der Waals surface area contributed by atoms with Crippen molar-refractivity contribution in [2.45, 2.75) is 39.7 Å². The molecule has 0 saturated carbocycles. The smallest absolute Gasteiger partial charge is 0.137 e. The molecule has 6 heteroatoms. The fraction of sp³-hybridized carbons (Fsp3) is 0.462. The molecule has 0 bridgehead atoms. The van der Waals surface area contributed by atoms with Crippen molar-refractivity contribution in [3.8, 4) is 0 Å². The summed E-state index contributed by atoms with van der Waals surface area (Å²) in [5.41, 5.74) is 0.677. The molecule has 0 fully saturated rings. The molecule has 0 amide bonds. The molecule has 0 atom stereocenters. The summed E-state index contributed by atoms with van der Waals surface area (Å²) in [5.74, 6) is 2.18. The summed E-state index contributed by atoms with van der Waals surface area (Å²) in [4.78, 5) is 8.71. The normalized spacial score (nSPS) is 11.6. The Bertz CT molecular complexity index is 574. The standard InChI is InChI=1S/C13H17ClN4O/c1-8-5-9(18-19-8)7-15-11-6-10(14)16-12(17-11)13(2,3)4/h5-6H,7H2,1-4H3,(H,15,16,17). The van der Waals surface area contributed by atoms with Crippen molar-refractivity contribution in [3.05, 3.63) is 34.6 Å². The summed E-state index contributed by atoms with van der Waals surface area (Å²) in [6, 6.07) is 3.57. The van der Waals surface area contributed by atoms with Crippen LogP contribution in [0.4, 0.5) is 5.82 Å². The Morgan fingerprint density at radius 2 is 2.00 bits per heavy atom. The lowest BCUT2D eigenvalue weighted by atomic mass is 9.96. The number of anilines is 1. The third kappa shape index (κ3) is 3.67. The van der Waals surface area contributed by atoms with Crippen molar-refractivity contribution in [1.29, 1.82) is 0 Å².